The van der Waals surface area contributed by atoms with Gasteiger partial charge in [-0.1, -0.05) is 6.07 Å². The molecule has 0 amide bonds. The molecule has 0 saturated carbocycles. The van der Waals surface area contributed by atoms with E-state index in [1.807, 2.05) is 0 Å². The van der Waals surface area contributed by atoms with Gasteiger partial charge in [0.2, 0.25) is 15.8 Å². The van der Waals surface area contributed by atoms with E-state index in [2.05, 4.69) is 4.72 Å². The van der Waals surface area contributed by atoms with Gasteiger partial charge in [0.25, 0.3) is 0 Å². The summed E-state index contributed by atoms with van der Waals surface area (Å²) in [5.41, 5.74) is 0.883. The molecular formula is C15H19NO5S2. The van der Waals surface area contributed by atoms with Crippen LogP contribution in [0.25, 0.3) is 0 Å². The summed E-state index contributed by atoms with van der Waals surface area (Å²) < 4.78 is 42.8. The molecule has 0 spiro atoms. The molecule has 2 rings (SSSR count). The molecule has 2 aromatic rings. The van der Waals surface area contributed by atoms with Crippen molar-refractivity contribution >= 4 is 21.4 Å². The summed E-state index contributed by atoms with van der Waals surface area (Å²) >= 11 is 1.19. The van der Waals surface area contributed by atoms with Crippen molar-refractivity contribution in [3.05, 3.63) is 35.2 Å². The number of ether oxygens (including phenoxy) is 3. The van der Waals surface area contributed by atoms with Crippen molar-refractivity contribution in [3.63, 3.8) is 0 Å². The second kappa shape index (κ2) is 7.67. The molecule has 1 aromatic carbocycles. The molecule has 0 aliphatic heterocycles. The number of methoxy groups -OCH3 is 3. The smallest absolute Gasteiger partial charge is 0.250 e. The Morgan fingerprint density at radius 2 is 1.74 bits per heavy atom. The minimum atomic E-state index is -3.45. The number of benzene rings is 1. The lowest BCUT2D eigenvalue weighted by Gasteiger charge is -2.14. The predicted octanol–water partition coefficient (Wildman–Crippen LogP) is 2.29. The molecule has 23 heavy (non-hydrogen) atoms. The van der Waals surface area contributed by atoms with Crippen LogP contribution in [-0.4, -0.2) is 36.3 Å². The first-order valence-corrected chi connectivity index (χ1v) is 9.20. The monoisotopic (exact) mass is 357 g/mol. The molecule has 1 heterocycles. The number of rotatable bonds is 8. The Bertz CT molecular complexity index is 716. The molecule has 8 heteroatoms. The second-order valence-electron chi connectivity index (χ2n) is 4.61. The molecule has 126 valence electrons. The summed E-state index contributed by atoms with van der Waals surface area (Å²) in [6.45, 7) is 0.277. The van der Waals surface area contributed by atoms with Crippen LogP contribution in [-0.2, 0) is 16.4 Å². The molecule has 0 fully saturated rings. The Kier molecular flexibility index (Phi) is 5.86. The minimum absolute atomic E-state index is 0.277. The standard InChI is InChI=1S/C15H19NO5S2/c1-19-12-9-11(10-13(20-2)15(12)21-3)6-7-16-23(17,18)14-5-4-8-22-14/h4-5,8-10,16H,6-7H2,1-3H3. The van der Waals surface area contributed by atoms with E-state index in [-0.39, 0.29) is 6.54 Å². The average molecular weight is 357 g/mol. The molecule has 0 aliphatic carbocycles. The van der Waals surface area contributed by atoms with Crippen molar-refractivity contribution in [3.8, 4) is 17.2 Å². The third kappa shape index (κ3) is 4.15. The lowest BCUT2D eigenvalue weighted by molar-refractivity contribution is 0.324. The number of hydrogen-bond acceptors (Lipinski definition) is 6. The van der Waals surface area contributed by atoms with E-state index in [0.29, 0.717) is 27.9 Å². The first-order chi connectivity index (χ1) is 11.0. The van der Waals surface area contributed by atoms with Crippen LogP contribution in [0.1, 0.15) is 5.56 Å². The van der Waals surface area contributed by atoms with E-state index in [9.17, 15) is 8.42 Å². The molecule has 0 unspecified atom stereocenters. The third-order valence-corrected chi connectivity index (χ3v) is 6.05. The summed E-state index contributed by atoms with van der Waals surface area (Å²) in [5.74, 6) is 1.60. The Morgan fingerprint density at radius 3 is 2.22 bits per heavy atom. The van der Waals surface area contributed by atoms with Crippen molar-refractivity contribution < 1.29 is 22.6 Å². The number of thiophene rings is 1. The van der Waals surface area contributed by atoms with Crippen LogP contribution >= 0.6 is 11.3 Å². The Morgan fingerprint density at radius 1 is 1.09 bits per heavy atom. The molecule has 1 aromatic heterocycles. The number of sulfonamides is 1. The van der Waals surface area contributed by atoms with Crippen LogP contribution in [0.2, 0.25) is 0 Å². The highest BCUT2D eigenvalue weighted by Gasteiger charge is 2.16. The summed E-state index contributed by atoms with van der Waals surface area (Å²) in [6.07, 6.45) is 0.501. The maximum absolute atomic E-state index is 12.1. The zero-order valence-corrected chi connectivity index (χ0v) is 14.8. The molecule has 1 N–H and O–H groups in total. The van der Waals surface area contributed by atoms with Gasteiger partial charge >= 0.3 is 0 Å². The van der Waals surface area contributed by atoms with Crippen molar-refractivity contribution in [2.24, 2.45) is 0 Å². The molecule has 0 atom stereocenters. The zero-order valence-electron chi connectivity index (χ0n) is 13.2. The van der Waals surface area contributed by atoms with Crippen molar-refractivity contribution in [1.29, 1.82) is 0 Å². The zero-order chi connectivity index (χ0) is 16.9. The van der Waals surface area contributed by atoms with E-state index in [4.69, 9.17) is 14.2 Å². The van der Waals surface area contributed by atoms with Gasteiger partial charge in [0, 0.05) is 6.54 Å². The molecule has 0 saturated heterocycles. The SMILES string of the molecule is COc1cc(CCNS(=O)(=O)c2cccs2)cc(OC)c1OC. The van der Waals surface area contributed by atoms with Crippen LogP contribution in [0.15, 0.2) is 33.9 Å². The number of nitrogens with one attached hydrogen (secondary N) is 1. The highest BCUT2D eigenvalue weighted by atomic mass is 32.2. The first-order valence-electron chi connectivity index (χ1n) is 6.84. The fourth-order valence-corrected chi connectivity index (χ4v) is 4.17. The topological polar surface area (TPSA) is 73.9 Å². The average Bonchev–Trinajstić information content (AvgIpc) is 3.09. The third-order valence-electron chi connectivity index (χ3n) is 3.19. The van der Waals surface area contributed by atoms with E-state index < -0.39 is 10.0 Å². The Hall–Kier alpha value is -1.77. The van der Waals surface area contributed by atoms with E-state index >= 15 is 0 Å². The normalized spacial score (nSPS) is 11.3. The maximum atomic E-state index is 12.1. The Balaban J connectivity index is 2.09. The molecule has 0 bridgehead atoms. The van der Waals surface area contributed by atoms with Crippen LogP contribution in [0, 0.1) is 0 Å². The van der Waals surface area contributed by atoms with Crippen LogP contribution in [0.3, 0.4) is 0 Å². The summed E-state index contributed by atoms with van der Waals surface area (Å²) in [4.78, 5) is 0. The van der Waals surface area contributed by atoms with Gasteiger partial charge in [-0.25, -0.2) is 13.1 Å². The molecular weight excluding hydrogens is 338 g/mol. The summed E-state index contributed by atoms with van der Waals surface area (Å²) in [6, 6.07) is 6.90. The maximum Gasteiger partial charge on any atom is 0.250 e. The highest BCUT2D eigenvalue weighted by molar-refractivity contribution is 7.91. The van der Waals surface area contributed by atoms with Crippen LogP contribution in [0.5, 0.6) is 17.2 Å². The molecule has 6 nitrogen and oxygen atoms in total. The minimum Gasteiger partial charge on any atom is -0.493 e. The van der Waals surface area contributed by atoms with E-state index in [1.54, 1.807) is 43.9 Å². The molecule has 0 radical (unpaired) electrons. The van der Waals surface area contributed by atoms with Gasteiger partial charge in [-0.2, -0.15) is 0 Å². The molecule has 0 aliphatic rings. The van der Waals surface area contributed by atoms with Gasteiger partial charge in [-0.3, -0.25) is 0 Å². The van der Waals surface area contributed by atoms with Crippen molar-refractivity contribution in [2.75, 3.05) is 27.9 Å². The lowest BCUT2D eigenvalue weighted by atomic mass is 10.1. The van der Waals surface area contributed by atoms with Crippen molar-refractivity contribution in [2.45, 2.75) is 10.6 Å². The van der Waals surface area contributed by atoms with Gasteiger partial charge < -0.3 is 14.2 Å². The quantitative estimate of drug-likeness (QED) is 0.785. The van der Waals surface area contributed by atoms with Crippen LogP contribution in [0.4, 0.5) is 0 Å². The van der Waals surface area contributed by atoms with Crippen LogP contribution < -0.4 is 18.9 Å². The summed E-state index contributed by atoms with van der Waals surface area (Å²) in [7, 11) is 1.17. The van der Waals surface area contributed by atoms with E-state index in [1.165, 1.54) is 18.4 Å². The van der Waals surface area contributed by atoms with Gasteiger partial charge in [-0.05, 0) is 35.6 Å². The first kappa shape index (κ1) is 17.6. The fourth-order valence-electron chi connectivity index (χ4n) is 2.10. The predicted molar refractivity (Wildman–Crippen MR) is 89.3 cm³/mol. The van der Waals surface area contributed by atoms with Gasteiger partial charge in [0.1, 0.15) is 4.21 Å². The lowest BCUT2D eigenvalue weighted by Crippen LogP contribution is -2.25. The Labute approximate surface area is 140 Å². The van der Waals surface area contributed by atoms with E-state index in [0.717, 1.165) is 5.56 Å². The number of hydrogen-bond donors (Lipinski definition) is 1. The van der Waals surface area contributed by atoms with Gasteiger partial charge in [0.05, 0.1) is 21.3 Å². The highest BCUT2D eigenvalue weighted by Crippen LogP contribution is 2.38. The van der Waals surface area contributed by atoms with Crippen molar-refractivity contribution in [1.82, 2.24) is 4.72 Å². The van der Waals surface area contributed by atoms with Gasteiger partial charge in [0.15, 0.2) is 11.5 Å². The summed E-state index contributed by atoms with van der Waals surface area (Å²) in [5, 5.41) is 1.73. The largest absolute Gasteiger partial charge is 0.493 e. The van der Waals surface area contributed by atoms with Gasteiger partial charge in [-0.15, -0.1) is 11.3 Å². The fraction of sp³-hybridized carbons (Fsp3) is 0.333. The second-order valence-corrected chi connectivity index (χ2v) is 7.55.